The Morgan fingerprint density at radius 3 is 2.55 bits per heavy atom. The number of hydrogen-bond donors (Lipinski definition) is 0. The van der Waals surface area contributed by atoms with E-state index in [1.54, 1.807) is 24.8 Å². The summed E-state index contributed by atoms with van der Waals surface area (Å²) in [5, 5.41) is 0. The first-order chi connectivity index (χ1) is 15.3. The van der Waals surface area contributed by atoms with Crippen LogP contribution in [0.25, 0.3) is 0 Å². The molecule has 8 heteroatoms. The van der Waals surface area contributed by atoms with E-state index in [1.165, 1.54) is 6.33 Å². The average molecular weight is 429 g/mol. The highest BCUT2D eigenvalue weighted by molar-refractivity contribution is 7.85. The SMILES string of the molecule is O=S1CCN(c2ncccc2CN(c2cccnc2)c2cncnc2)c2ccccc21. The summed E-state index contributed by atoms with van der Waals surface area (Å²) in [6, 6.07) is 15.8. The highest BCUT2D eigenvalue weighted by atomic mass is 32.2. The second-order valence-electron chi connectivity index (χ2n) is 7.05. The normalized spacial score (nSPS) is 15.4. The summed E-state index contributed by atoms with van der Waals surface area (Å²) in [5.41, 5.74) is 3.79. The molecule has 31 heavy (non-hydrogen) atoms. The topological polar surface area (TPSA) is 75.1 Å². The van der Waals surface area contributed by atoms with Gasteiger partial charge in [-0.05, 0) is 30.3 Å². The summed E-state index contributed by atoms with van der Waals surface area (Å²) >= 11 is 0. The van der Waals surface area contributed by atoms with Gasteiger partial charge in [-0.1, -0.05) is 18.2 Å². The Labute approximate surface area is 182 Å². The lowest BCUT2D eigenvalue weighted by molar-refractivity contribution is 0.679. The molecule has 0 spiro atoms. The van der Waals surface area contributed by atoms with Gasteiger partial charge >= 0.3 is 0 Å². The number of benzene rings is 1. The molecular formula is C23H20N6OS. The molecule has 4 heterocycles. The Balaban J connectivity index is 1.56. The number of para-hydroxylation sites is 1. The molecule has 0 radical (unpaired) electrons. The number of fused-ring (bicyclic) bond motifs is 1. The van der Waals surface area contributed by atoms with Crippen LogP contribution in [-0.2, 0) is 17.3 Å². The van der Waals surface area contributed by atoms with Crippen molar-refractivity contribution in [1.82, 2.24) is 19.9 Å². The maximum absolute atomic E-state index is 12.5. The standard InChI is InChI=1S/C23H20N6OS/c30-31-12-11-28(21-7-1-2-8-22(21)31)23-18(5-3-10-27-23)16-29(19-6-4-9-24-13-19)20-14-25-17-26-15-20/h1-10,13-15,17H,11-12,16H2. The van der Waals surface area contributed by atoms with E-state index in [2.05, 4.69) is 30.8 Å². The van der Waals surface area contributed by atoms with Gasteiger partial charge in [0.2, 0.25) is 0 Å². The number of aromatic nitrogens is 4. The van der Waals surface area contributed by atoms with Gasteiger partial charge in [0.25, 0.3) is 0 Å². The predicted octanol–water partition coefficient (Wildman–Crippen LogP) is 3.86. The van der Waals surface area contributed by atoms with E-state index in [0.29, 0.717) is 18.8 Å². The van der Waals surface area contributed by atoms with Crippen LogP contribution < -0.4 is 9.80 Å². The third-order valence-corrected chi connectivity index (χ3v) is 6.56. The second kappa shape index (κ2) is 8.61. The van der Waals surface area contributed by atoms with Gasteiger partial charge in [0.1, 0.15) is 12.1 Å². The molecule has 1 atom stereocenters. The Kier molecular flexibility index (Phi) is 5.37. The molecule has 0 amide bonds. The lowest BCUT2D eigenvalue weighted by atomic mass is 10.1. The van der Waals surface area contributed by atoms with Gasteiger partial charge in [-0.25, -0.2) is 15.0 Å². The van der Waals surface area contributed by atoms with Crippen LogP contribution in [-0.4, -0.2) is 36.4 Å². The van der Waals surface area contributed by atoms with Gasteiger partial charge in [0.05, 0.1) is 57.9 Å². The summed E-state index contributed by atoms with van der Waals surface area (Å²) in [6.45, 7) is 1.21. The zero-order chi connectivity index (χ0) is 21.0. The fraction of sp³-hybridized carbons (Fsp3) is 0.130. The van der Waals surface area contributed by atoms with Gasteiger partial charge in [-0.2, -0.15) is 0 Å². The first-order valence-corrected chi connectivity index (χ1v) is 11.2. The van der Waals surface area contributed by atoms with E-state index in [-0.39, 0.29) is 0 Å². The molecule has 5 rings (SSSR count). The van der Waals surface area contributed by atoms with Crippen LogP contribution in [0.4, 0.5) is 22.9 Å². The molecule has 3 aromatic heterocycles. The van der Waals surface area contributed by atoms with Crippen molar-refractivity contribution in [2.45, 2.75) is 11.4 Å². The molecule has 1 aliphatic heterocycles. The Morgan fingerprint density at radius 2 is 1.71 bits per heavy atom. The number of hydrogen-bond acceptors (Lipinski definition) is 7. The van der Waals surface area contributed by atoms with Crippen LogP contribution >= 0.6 is 0 Å². The van der Waals surface area contributed by atoms with E-state index in [4.69, 9.17) is 4.98 Å². The fourth-order valence-electron chi connectivity index (χ4n) is 3.74. The molecule has 154 valence electrons. The van der Waals surface area contributed by atoms with Gasteiger partial charge < -0.3 is 9.80 Å². The van der Waals surface area contributed by atoms with Crippen LogP contribution in [0.5, 0.6) is 0 Å². The number of pyridine rings is 2. The lowest BCUT2D eigenvalue weighted by Gasteiger charge is -2.32. The smallest absolute Gasteiger partial charge is 0.138 e. The summed E-state index contributed by atoms with van der Waals surface area (Å²) in [5.74, 6) is 1.43. The highest BCUT2D eigenvalue weighted by Gasteiger charge is 2.26. The number of rotatable bonds is 5. The van der Waals surface area contributed by atoms with E-state index in [0.717, 1.165) is 33.3 Å². The number of anilines is 4. The third-order valence-electron chi connectivity index (χ3n) is 5.17. The van der Waals surface area contributed by atoms with Crippen molar-refractivity contribution in [3.8, 4) is 0 Å². The minimum Gasteiger partial charge on any atom is -0.333 e. The van der Waals surface area contributed by atoms with Gasteiger partial charge in [0.15, 0.2) is 0 Å². The molecular weight excluding hydrogens is 408 g/mol. The maximum Gasteiger partial charge on any atom is 0.138 e. The quantitative estimate of drug-likeness (QED) is 0.478. The molecule has 1 unspecified atom stereocenters. The van der Waals surface area contributed by atoms with Crippen LogP contribution in [0.2, 0.25) is 0 Å². The minimum atomic E-state index is -0.991. The Hall–Kier alpha value is -3.65. The Morgan fingerprint density at radius 1 is 0.903 bits per heavy atom. The van der Waals surface area contributed by atoms with Gasteiger partial charge in [-0.15, -0.1) is 0 Å². The van der Waals surface area contributed by atoms with Gasteiger partial charge in [0, 0.05) is 30.3 Å². The summed E-state index contributed by atoms with van der Waals surface area (Å²) in [7, 11) is -0.991. The van der Waals surface area contributed by atoms with E-state index >= 15 is 0 Å². The first-order valence-electron chi connectivity index (χ1n) is 9.92. The van der Waals surface area contributed by atoms with Crippen molar-refractivity contribution in [3.63, 3.8) is 0 Å². The molecule has 0 saturated heterocycles. The molecule has 0 N–H and O–H groups in total. The zero-order valence-electron chi connectivity index (χ0n) is 16.7. The largest absolute Gasteiger partial charge is 0.333 e. The monoisotopic (exact) mass is 428 g/mol. The molecule has 1 aliphatic rings. The summed E-state index contributed by atoms with van der Waals surface area (Å²) in [6.07, 6.45) is 10.5. The molecule has 0 aliphatic carbocycles. The fourth-order valence-corrected chi connectivity index (χ4v) is 4.95. The first kappa shape index (κ1) is 19.3. The van der Waals surface area contributed by atoms with Crippen molar-refractivity contribution < 1.29 is 4.21 Å². The highest BCUT2D eigenvalue weighted by Crippen LogP contribution is 2.36. The van der Waals surface area contributed by atoms with Crippen molar-refractivity contribution in [3.05, 3.63) is 91.4 Å². The van der Waals surface area contributed by atoms with Gasteiger partial charge in [-0.3, -0.25) is 9.19 Å². The third kappa shape index (κ3) is 3.89. The molecule has 7 nitrogen and oxygen atoms in total. The molecule has 0 saturated carbocycles. The van der Waals surface area contributed by atoms with Crippen molar-refractivity contribution in [1.29, 1.82) is 0 Å². The average Bonchev–Trinajstić information content (AvgIpc) is 2.84. The summed E-state index contributed by atoms with van der Waals surface area (Å²) < 4.78 is 12.5. The minimum absolute atomic E-state index is 0.560. The molecule has 4 aromatic rings. The molecule has 0 fully saturated rings. The zero-order valence-corrected chi connectivity index (χ0v) is 17.5. The van der Waals surface area contributed by atoms with E-state index in [1.807, 2.05) is 48.7 Å². The van der Waals surface area contributed by atoms with Crippen LogP contribution in [0.3, 0.4) is 0 Å². The molecule has 1 aromatic carbocycles. The number of nitrogens with zero attached hydrogens (tertiary/aromatic N) is 6. The van der Waals surface area contributed by atoms with Crippen LogP contribution in [0.1, 0.15) is 5.56 Å². The van der Waals surface area contributed by atoms with Crippen LogP contribution in [0, 0.1) is 0 Å². The molecule has 0 bridgehead atoms. The second-order valence-corrected chi connectivity index (χ2v) is 8.59. The van der Waals surface area contributed by atoms with E-state index in [9.17, 15) is 4.21 Å². The predicted molar refractivity (Wildman–Crippen MR) is 121 cm³/mol. The van der Waals surface area contributed by atoms with Crippen molar-refractivity contribution in [2.75, 3.05) is 22.1 Å². The van der Waals surface area contributed by atoms with Crippen LogP contribution in [0.15, 0.2) is 90.7 Å². The van der Waals surface area contributed by atoms with E-state index < -0.39 is 10.8 Å². The maximum atomic E-state index is 12.5. The Bertz CT molecular complexity index is 1170. The summed E-state index contributed by atoms with van der Waals surface area (Å²) in [4.78, 5) is 22.5. The van der Waals surface area contributed by atoms with Crippen molar-refractivity contribution >= 4 is 33.7 Å². The van der Waals surface area contributed by atoms with Crippen molar-refractivity contribution in [2.24, 2.45) is 0 Å². The lowest BCUT2D eigenvalue weighted by Crippen LogP contribution is -2.31.